The summed E-state index contributed by atoms with van der Waals surface area (Å²) < 4.78 is 5.41. The lowest BCUT2D eigenvalue weighted by molar-refractivity contribution is -0.147. The Morgan fingerprint density at radius 3 is 2.10 bits per heavy atom. The first-order valence-electron chi connectivity index (χ1n) is 14.1. The zero-order valence-corrected chi connectivity index (χ0v) is 26.0. The number of thiol groups is 1. The van der Waals surface area contributed by atoms with Crippen molar-refractivity contribution in [2.24, 2.45) is 0 Å². The molecule has 3 rings (SSSR count). The summed E-state index contributed by atoms with van der Waals surface area (Å²) in [6.45, 7) is 13.1. The molecule has 0 aliphatic carbocycles. The van der Waals surface area contributed by atoms with Crippen molar-refractivity contribution in [1.82, 2.24) is 10.2 Å². The largest absolute Gasteiger partial charge is 0.444 e. The lowest BCUT2D eigenvalue weighted by atomic mass is 9.91. The number of anilines is 1. The minimum absolute atomic E-state index is 0.0299. The van der Waals surface area contributed by atoms with E-state index in [2.05, 4.69) is 30.2 Å². The van der Waals surface area contributed by atoms with Crippen LogP contribution in [-0.4, -0.2) is 45.7 Å². The molecule has 0 aliphatic rings. The normalized spacial score (nSPS) is 13.3. The maximum atomic E-state index is 14.3. The van der Waals surface area contributed by atoms with Crippen molar-refractivity contribution in [2.75, 3.05) is 11.1 Å². The van der Waals surface area contributed by atoms with Gasteiger partial charge in [0.1, 0.15) is 17.7 Å². The number of benzene rings is 3. The van der Waals surface area contributed by atoms with Crippen molar-refractivity contribution < 1.29 is 19.1 Å². The van der Waals surface area contributed by atoms with Gasteiger partial charge in [0, 0.05) is 17.0 Å². The van der Waals surface area contributed by atoms with Gasteiger partial charge in [-0.25, -0.2) is 4.79 Å². The van der Waals surface area contributed by atoms with Gasteiger partial charge in [-0.1, -0.05) is 68.4 Å². The van der Waals surface area contributed by atoms with E-state index in [9.17, 15) is 14.4 Å². The number of hydrogen-bond acceptors (Lipinski definition) is 5. The lowest BCUT2D eigenvalue weighted by Crippen LogP contribution is -2.59. The van der Waals surface area contributed by atoms with Gasteiger partial charge in [0.15, 0.2) is 0 Å². The average molecular weight is 578 g/mol. The number of nitrogens with zero attached hydrogens (tertiary/aromatic N) is 1. The Labute approximate surface area is 249 Å². The highest BCUT2D eigenvalue weighted by molar-refractivity contribution is 7.80. The second kappa shape index (κ2) is 13.4. The summed E-state index contributed by atoms with van der Waals surface area (Å²) in [6, 6.07) is 19.4. The average Bonchev–Trinajstić information content (AvgIpc) is 2.93. The summed E-state index contributed by atoms with van der Waals surface area (Å²) >= 11 is 4.39. The van der Waals surface area contributed by atoms with Crippen LogP contribution >= 0.6 is 12.6 Å². The molecule has 3 aromatic carbocycles. The number of nitrogens with one attached hydrogen (secondary N) is 2. The third kappa shape index (κ3) is 8.26. The van der Waals surface area contributed by atoms with Crippen LogP contribution in [0.5, 0.6) is 0 Å². The molecule has 0 aromatic heterocycles. The highest BCUT2D eigenvalue weighted by Gasteiger charge is 2.43. The Morgan fingerprint density at radius 1 is 0.902 bits per heavy atom. The Hall–Kier alpha value is -3.52. The molecule has 0 spiro atoms. The van der Waals surface area contributed by atoms with E-state index < -0.39 is 35.2 Å². The number of aryl methyl sites for hydroxylation is 1. The Balaban J connectivity index is 2.07. The van der Waals surface area contributed by atoms with Crippen molar-refractivity contribution >= 4 is 47.0 Å². The molecule has 3 amide bonds. The summed E-state index contributed by atoms with van der Waals surface area (Å²) in [5, 5.41) is 7.78. The predicted octanol–water partition coefficient (Wildman–Crippen LogP) is 6.92. The van der Waals surface area contributed by atoms with Gasteiger partial charge in [-0.05, 0) is 81.5 Å². The smallest absolute Gasteiger partial charge is 0.408 e. The van der Waals surface area contributed by atoms with Crippen molar-refractivity contribution in [3.8, 4) is 0 Å². The van der Waals surface area contributed by atoms with Crippen LogP contribution < -0.4 is 10.6 Å². The second-order valence-corrected chi connectivity index (χ2v) is 12.2. The van der Waals surface area contributed by atoms with E-state index in [1.807, 2.05) is 87.5 Å². The Bertz CT molecular complexity index is 1360. The van der Waals surface area contributed by atoms with Crippen LogP contribution in [0.4, 0.5) is 10.5 Å². The third-order valence-corrected chi connectivity index (χ3v) is 7.52. The van der Waals surface area contributed by atoms with Crippen LogP contribution in [0, 0.1) is 0 Å². The number of rotatable bonds is 10. The minimum atomic E-state index is -1.01. The van der Waals surface area contributed by atoms with Crippen molar-refractivity contribution in [3.05, 3.63) is 77.9 Å². The molecule has 7 nitrogen and oxygen atoms in total. The molecule has 3 aromatic rings. The molecule has 0 radical (unpaired) electrons. The zero-order valence-electron chi connectivity index (χ0n) is 25.2. The summed E-state index contributed by atoms with van der Waals surface area (Å²) in [5.41, 5.74) is 0.937. The molecule has 0 bridgehead atoms. The molecule has 0 aliphatic heterocycles. The van der Waals surface area contributed by atoms with Gasteiger partial charge in [0.25, 0.3) is 5.91 Å². The number of carbonyl (C=O) groups excluding carboxylic acids is 3. The number of carbonyl (C=O) groups is 3. The molecule has 0 heterocycles. The zero-order chi connectivity index (χ0) is 30.4. The van der Waals surface area contributed by atoms with E-state index >= 15 is 0 Å². The van der Waals surface area contributed by atoms with E-state index in [1.54, 1.807) is 25.7 Å². The Kier molecular flexibility index (Phi) is 10.5. The van der Waals surface area contributed by atoms with Gasteiger partial charge in [-0.2, -0.15) is 12.6 Å². The van der Waals surface area contributed by atoms with Gasteiger partial charge in [-0.15, -0.1) is 0 Å². The second-order valence-electron chi connectivity index (χ2n) is 11.8. The molecule has 0 saturated carbocycles. The van der Waals surface area contributed by atoms with Crippen LogP contribution in [0.1, 0.15) is 72.1 Å². The van der Waals surface area contributed by atoms with E-state index in [0.717, 1.165) is 22.8 Å². The molecule has 2 N–H and O–H groups in total. The first-order valence-corrected chi connectivity index (χ1v) is 14.7. The van der Waals surface area contributed by atoms with Gasteiger partial charge >= 0.3 is 6.09 Å². The maximum absolute atomic E-state index is 14.3. The number of ether oxygens (including phenoxy) is 1. The summed E-state index contributed by atoms with van der Waals surface area (Å²) in [7, 11) is 0. The van der Waals surface area contributed by atoms with Crippen molar-refractivity contribution in [1.29, 1.82) is 0 Å². The highest BCUT2D eigenvalue weighted by atomic mass is 32.1. The third-order valence-electron chi connectivity index (χ3n) is 7.15. The van der Waals surface area contributed by atoms with E-state index in [0.29, 0.717) is 17.7 Å². The molecule has 0 saturated heterocycles. The van der Waals surface area contributed by atoms with Crippen LogP contribution in [-0.2, 0) is 20.7 Å². The van der Waals surface area contributed by atoms with E-state index in [-0.39, 0.29) is 11.7 Å². The highest BCUT2D eigenvalue weighted by Crippen LogP contribution is 2.33. The fourth-order valence-electron chi connectivity index (χ4n) is 4.58. The van der Waals surface area contributed by atoms with Crippen molar-refractivity contribution in [3.63, 3.8) is 0 Å². The molecule has 2 unspecified atom stereocenters. The SMILES string of the molecule is CCc1ccc(C(C(=O)Nc2ccc3ccccc3c2)N(C(=O)C(CS)NC(=O)OC(C)(C)C)C(C)(C)CC)cc1. The molecule has 41 heavy (non-hydrogen) atoms. The molecule has 0 fully saturated rings. The molecule has 220 valence electrons. The first kappa shape index (κ1) is 32.0. The topological polar surface area (TPSA) is 87.7 Å². The van der Waals surface area contributed by atoms with Gasteiger partial charge in [0.05, 0.1) is 0 Å². The Morgan fingerprint density at radius 2 is 1.54 bits per heavy atom. The predicted molar refractivity (Wildman–Crippen MR) is 169 cm³/mol. The minimum Gasteiger partial charge on any atom is -0.444 e. The number of amides is 3. The van der Waals surface area contributed by atoms with Crippen LogP contribution in [0.15, 0.2) is 66.7 Å². The van der Waals surface area contributed by atoms with Crippen LogP contribution in [0.25, 0.3) is 10.8 Å². The summed E-state index contributed by atoms with van der Waals surface area (Å²) in [6.07, 6.45) is 0.694. The van der Waals surface area contributed by atoms with E-state index in [1.165, 1.54) is 0 Å². The van der Waals surface area contributed by atoms with Crippen LogP contribution in [0.3, 0.4) is 0 Å². The summed E-state index contributed by atoms with van der Waals surface area (Å²) in [5.74, 6) is -0.743. The van der Waals surface area contributed by atoms with Gasteiger partial charge in [0.2, 0.25) is 5.91 Å². The number of hydrogen-bond donors (Lipinski definition) is 3. The number of alkyl carbamates (subject to hydrolysis) is 1. The van der Waals surface area contributed by atoms with Crippen molar-refractivity contribution in [2.45, 2.75) is 84.5 Å². The lowest BCUT2D eigenvalue weighted by Gasteiger charge is -2.44. The number of fused-ring (bicyclic) bond motifs is 1. The molecular formula is C33H43N3O4S. The standard InChI is InChI=1S/C33H43N3O4S/c1-8-22-14-16-24(17-15-22)28(29(37)34-26-19-18-23-12-10-11-13-25(23)20-26)36(33(6,7)9-2)30(38)27(21-41)35-31(39)40-32(3,4)5/h10-20,27-28,41H,8-9,21H2,1-7H3,(H,34,37)(H,35,39). The van der Waals surface area contributed by atoms with Gasteiger partial charge in [-0.3, -0.25) is 9.59 Å². The molecule has 2 atom stereocenters. The molecular weight excluding hydrogens is 534 g/mol. The van der Waals surface area contributed by atoms with Gasteiger partial charge < -0.3 is 20.3 Å². The quantitative estimate of drug-likeness (QED) is 0.228. The fourth-order valence-corrected chi connectivity index (χ4v) is 4.83. The monoisotopic (exact) mass is 577 g/mol. The summed E-state index contributed by atoms with van der Waals surface area (Å²) in [4.78, 5) is 42.7. The first-order chi connectivity index (χ1) is 19.3. The molecule has 8 heteroatoms. The van der Waals surface area contributed by atoms with E-state index in [4.69, 9.17) is 4.74 Å². The van der Waals surface area contributed by atoms with Crippen LogP contribution in [0.2, 0.25) is 0 Å². The fraction of sp³-hybridized carbons (Fsp3) is 0.424. The maximum Gasteiger partial charge on any atom is 0.408 e.